The van der Waals surface area contributed by atoms with Crippen molar-refractivity contribution < 1.29 is 13.2 Å². The first kappa shape index (κ1) is 14.6. The molecule has 1 amide bonds. The van der Waals surface area contributed by atoms with Crippen LogP contribution in [0.1, 0.15) is 41.3 Å². The maximum Gasteiger partial charge on any atom is 0.254 e. The summed E-state index contributed by atoms with van der Waals surface area (Å²) in [6.45, 7) is 2.46. The van der Waals surface area contributed by atoms with Crippen molar-refractivity contribution in [2.24, 2.45) is 0 Å². The lowest BCUT2D eigenvalue weighted by molar-refractivity contribution is 0.0708. The van der Waals surface area contributed by atoms with Crippen LogP contribution in [-0.2, 0) is 22.7 Å². The fraction of sp³-hybridized carbons (Fsp3) is 0.562. The van der Waals surface area contributed by atoms with Crippen LogP contribution in [0.4, 0.5) is 0 Å². The summed E-state index contributed by atoms with van der Waals surface area (Å²) in [6.07, 6.45) is 3.86. The molecular weight excluding hydrogens is 286 g/mol. The van der Waals surface area contributed by atoms with Gasteiger partial charge in [-0.05, 0) is 55.9 Å². The quantitative estimate of drug-likeness (QED) is 0.856. The van der Waals surface area contributed by atoms with Crippen molar-refractivity contribution in [1.29, 1.82) is 0 Å². The highest BCUT2D eigenvalue weighted by molar-refractivity contribution is 7.91. The first-order chi connectivity index (χ1) is 10.00. The van der Waals surface area contributed by atoms with Crippen LogP contribution in [0.5, 0.6) is 0 Å². The number of carbonyl (C=O) groups excluding carboxylic acids is 1. The minimum Gasteiger partial charge on any atom is -0.335 e. The molecule has 1 heterocycles. The fourth-order valence-corrected chi connectivity index (χ4v) is 5.19. The van der Waals surface area contributed by atoms with E-state index in [0.29, 0.717) is 18.5 Å². The average molecular weight is 307 g/mol. The Morgan fingerprint density at radius 1 is 1.29 bits per heavy atom. The standard InChI is InChI=1S/C16H21NO3S/c1-2-17(15-8-9-21(19,20)11-15)16(18)14-7-6-12-4-3-5-13(12)10-14/h6-7,10,15H,2-5,8-9,11H2,1H3. The zero-order chi connectivity index (χ0) is 15.0. The van der Waals surface area contributed by atoms with Gasteiger partial charge in [0.1, 0.15) is 0 Å². The molecular formula is C16H21NO3S. The van der Waals surface area contributed by atoms with Gasteiger partial charge < -0.3 is 4.90 Å². The van der Waals surface area contributed by atoms with Gasteiger partial charge in [-0.1, -0.05) is 6.07 Å². The van der Waals surface area contributed by atoms with Crippen LogP contribution in [0.2, 0.25) is 0 Å². The molecule has 114 valence electrons. The molecule has 4 nitrogen and oxygen atoms in total. The molecule has 1 unspecified atom stereocenters. The van der Waals surface area contributed by atoms with Crippen molar-refractivity contribution >= 4 is 15.7 Å². The number of aryl methyl sites for hydroxylation is 2. The number of sulfone groups is 1. The molecule has 1 aromatic carbocycles. The summed E-state index contributed by atoms with van der Waals surface area (Å²) in [7, 11) is -2.97. The molecule has 5 heteroatoms. The van der Waals surface area contributed by atoms with Gasteiger partial charge in [-0.25, -0.2) is 8.42 Å². The summed E-state index contributed by atoms with van der Waals surface area (Å²) >= 11 is 0. The summed E-state index contributed by atoms with van der Waals surface area (Å²) in [5.74, 6) is 0.276. The Hall–Kier alpha value is -1.36. The average Bonchev–Trinajstić information content (AvgIpc) is 3.05. The maximum atomic E-state index is 12.7. The van der Waals surface area contributed by atoms with E-state index in [9.17, 15) is 13.2 Å². The van der Waals surface area contributed by atoms with Crippen LogP contribution in [0.25, 0.3) is 0 Å². The number of benzene rings is 1. The largest absolute Gasteiger partial charge is 0.335 e. The lowest BCUT2D eigenvalue weighted by Gasteiger charge is -2.27. The molecule has 1 aliphatic carbocycles. The molecule has 0 bridgehead atoms. The highest BCUT2D eigenvalue weighted by Gasteiger charge is 2.34. The third-order valence-electron chi connectivity index (χ3n) is 4.60. The molecule has 1 aromatic rings. The topological polar surface area (TPSA) is 54.5 Å². The molecule has 1 aliphatic heterocycles. The summed E-state index contributed by atoms with van der Waals surface area (Å²) < 4.78 is 23.3. The second-order valence-corrected chi connectivity index (χ2v) is 8.21. The van der Waals surface area contributed by atoms with E-state index in [1.807, 2.05) is 19.1 Å². The van der Waals surface area contributed by atoms with Gasteiger partial charge in [0.2, 0.25) is 0 Å². The Morgan fingerprint density at radius 3 is 2.71 bits per heavy atom. The second-order valence-electron chi connectivity index (χ2n) is 5.99. The molecule has 0 saturated carbocycles. The van der Waals surface area contributed by atoms with E-state index >= 15 is 0 Å². The predicted molar refractivity (Wildman–Crippen MR) is 82.2 cm³/mol. The lowest BCUT2D eigenvalue weighted by atomic mass is 10.0. The monoisotopic (exact) mass is 307 g/mol. The molecule has 0 radical (unpaired) electrons. The van der Waals surface area contributed by atoms with Crippen LogP contribution >= 0.6 is 0 Å². The maximum absolute atomic E-state index is 12.7. The van der Waals surface area contributed by atoms with E-state index in [-0.39, 0.29) is 23.5 Å². The molecule has 1 atom stereocenters. The SMILES string of the molecule is CCN(C(=O)c1ccc2c(c1)CCC2)C1CCS(=O)(=O)C1. The minimum atomic E-state index is -2.97. The van der Waals surface area contributed by atoms with Crippen molar-refractivity contribution in [2.45, 2.75) is 38.6 Å². The van der Waals surface area contributed by atoms with Crippen molar-refractivity contribution in [3.8, 4) is 0 Å². The van der Waals surface area contributed by atoms with E-state index < -0.39 is 9.84 Å². The van der Waals surface area contributed by atoms with Gasteiger partial charge in [-0.3, -0.25) is 4.79 Å². The third-order valence-corrected chi connectivity index (χ3v) is 6.35. The van der Waals surface area contributed by atoms with E-state index in [4.69, 9.17) is 0 Å². The van der Waals surface area contributed by atoms with Gasteiger partial charge in [0.15, 0.2) is 9.84 Å². The van der Waals surface area contributed by atoms with Gasteiger partial charge in [0.05, 0.1) is 11.5 Å². The Bertz CT molecular complexity index is 666. The summed E-state index contributed by atoms with van der Waals surface area (Å²) in [4.78, 5) is 14.4. The van der Waals surface area contributed by atoms with Crippen molar-refractivity contribution in [3.05, 3.63) is 34.9 Å². The van der Waals surface area contributed by atoms with Crippen LogP contribution in [0.3, 0.4) is 0 Å². The van der Waals surface area contributed by atoms with Crippen LogP contribution in [0, 0.1) is 0 Å². The van der Waals surface area contributed by atoms with Crippen molar-refractivity contribution in [1.82, 2.24) is 4.90 Å². The third kappa shape index (κ3) is 2.84. The molecule has 21 heavy (non-hydrogen) atoms. The number of hydrogen-bond acceptors (Lipinski definition) is 3. The zero-order valence-electron chi connectivity index (χ0n) is 12.3. The first-order valence-electron chi connectivity index (χ1n) is 7.63. The smallest absolute Gasteiger partial charge is 0.254 e. The molecule has 1 fully saturated rings. The first-order valence-corrected chi connectivity index (χ1v) is 9.45. The normalized spacial score (nSPS) is 23.0. The zero-order valence-corrected chi connectivity index (χ0v) is 13.2. The fourth-order valence-electron chi connectivity index (χ4n) is 3.46. The number of hydrogen-bond donors (Lipinski definition) is 0. The Labute approximate surface area is 126 Å². The van der Waals surface area contributed by atoms with Gasteiger partial charge in [0, 0.05) is 18.2 Å². The number of nitrogens with zero attached hydrogens (tertiary/aromatic N) is 1. The van der Waals surface area contributed by atoms with E-state index in [0.717, 1.165) is 19.3 Å². The Morgan fingerprint density at radius 2 is 2.05 bits per heavy atom. The van der Waals surface area contributed by atoms with Crippen molar-refractivity contribution in [2.75, 3.05) is 18.1 Å². The van der Waals surface area contributed by atoms with Gasteiger partial charge in [0.25, 0.3) is 5.91 Å². The Kier molecular flexibility index (Phi) is 3.78. The summed E-state index contributed by atoms with van der Waals surface area (Å²) in [5, 5.41) is 0. The molecule has 0 spiro atoms. The lowest BCUT2D eigenvalue weighted by Crippen LogP contribution is -2.41. The van der Waals surface area contributed by atoms with E-state index in [2.05, 4.69) is 6.07 Å². The molecule has 1 saturated heterocycles. The molecule has 3 rings (SSSR count). The highest BCUT2D eigenvalue weighted by Crippen LogP contribution is 2.25. The molecule has 0 aromatic heterocycles. The van der Waals surface area contributed by atoms with Crippen LogP contribution in [-0.4, -0.2) is 43.3 Å². The van der Waals surface area contributed by atoms with E-state index in [1.165, 1.54) is 11.1 Å². The molecule has 2 aliphatic rings. The predicted octanol–water partition coefficient (Wildman–Crippen LogP) is 1.82. The highest BCUT2D eigenvalue weighted by atomic mass is 32.2. The van der Waals surface area contributed by atoms with Crippen molar-refractivity contribution in [3.63, 3.8) is 0 Å². The van der Waals surface area contributed by atoms with Gasteiger partial charge in [-0.2, -0.15) is 0 Å². The molecule has 0 N–H and O–H groups in total. The van der Waals surface area contributed by atoms with E-state index in [1.54, 1.807) is 4.90 Å². The minimum absolute atomic E-state index is 0.0331. The van der Waals surface area contributed by atoms with Gasteiger partial charge in [-0.15, -0.1) is 0 Å². The number of rotatable bonds is 3. The van der Waals surface area contributed by atoms with Gasteiger partial charge >= 0.3 is 0 Å². The number of amides is 1. The Balaban J connectivity index is 1.82. The second kappa shape index (κ2) is 5.44. The summed E-state index contributed by atoms with van der Waals surface area (Å²) in [6, 6.07) is 5.77. The van der Waals surface area contributed by atoms with Crippen LogP contribution < -0.4 is 0 Å². The van der Waals surface area contributed by atoms with Crippen LogP contribution in [0.15, 0.2) is 18.2 Å². The summed E-state index contributed by atoms with van der Waals surface area (Å²) in [5.41, 5.74) is 3.32. The number of carbonyl (C=O) groups is 1. The number of fused-ring (bicyclic) bond motifs is 1.